The number of nitrogens with two attached hydrogens (primary N) is 3. The summed E-state index contributed by atoms with van der Waals surface area (Å²) in [5, 5.41) is 37.2. The van der Waals surface area contributed by atoms with E-state index in [1.54, 1.807) is 20.8 Å². The summed E-state index contributed by atoms with van der Waals surface area (Å²) < 4.78 is 0. The molecule has 0 aromatic carbocycles. The number of primary amides is 1. The molecule has 0 aliphatic carbocycles. The summed E-state index contributed by atoms with van der Waals surface area (Å²) in [7, 11) is 0. The van der Waals surface area contributed by atoms with Crippen molar-refractivity contribution in [3.05, 3.63) is 0 Å². The first kappa shape index (κ1) is 47.8. The molecule has 1 rings (SSSR count). The SMILES string of the molecule is CCNC(=O)[C@@H]1CCCN1C(=O)[C@H](CCCN=C(N)N)NC(=O)[C@H](CCCNC(N)=O)NC(=O)[C@H](CO)NC(=O)[C@H](CO)NC(=O)[C@H](NC(C)=O)[C@H](C)CC. The average molecular weight is 785 g/mol. The van der Waals surface area contributed by atoms with Crippen LogP contribution in [0.2, 0.25) is 0 Å². The number of aliphatic hydroxyl groups excluding tert-OH is 2. The van der Waals surface area contributed by atoms with Crippen LogP contribution in [0.25, 0.3) is 0 Å². The van der Waals surface area contributed by atoms with Crippen LogP contribution in [0.3, 0.4) is 0 Å². The van der Waals surface area contributed by atoms with Crippen LogP contribution in [0.4, 0.5) is 4.79 Å². The molecule has 0 aromatic rings. The molecule has 312 valence electrons. The van der Waals surface area contributed by atoms with Crippen LogP contribution in [0.15, 0.2) is 4.99 Å². The second kappa shape index (κ2) is 24.9. The maximum atomic E-state index is 13.8. The van der Waals surface area contributed by atoms with Crippen molar-refractivity contribution in [3.8, 4) is 0 Å². The lowest BCUT2D eigenvalue weighted by atomic mass is 9.98. The topological polar surface area (TPSA) is 355 Å². The largest absolute Gasteiger partial charge is 0.394 e. The molecule has 0 aromatic heterocycles. The van der Waals surface area contributed by atoms with Gasteiger partial charge in [-0.05, 0) is 51.4 Å². The molecule has 1 aliphatic rings. The Hall–Kier alpha value is -5.25. The molecule has 7 atom stereocenters. The predicted octanol–water partition coefficient (Wildman–Crippen LogP) is -4.91. The van der Waals surface area contributed by atoms with Crippen LogP contribution in [0.5, 0.6) is 0 Å². The van der Waals surface area contributed by atoms with Gasteiger partial charge in [0.05, 0.1) is 13.2 Å². The van der Waals surface area contributed by atoms with E-state index >= 15 is 0 Å². The Balaban J connectivity index is 3.26. The summed E-state index contributed by atoms with van der Waals surface area (Å²) >= 11 is 0. The van der Waals surface area contributed by atoms with Crippen molar-refractivity contribution in [1.29, 1.82) is 0 Å². The van der Waals surface area contributed by atoms with Crippen molar-refractivity contribution in [2.75, 3.05) is 39.4 Å². The third-order valence-corrected chi connectivity index (χ3v) is 8.84. The number of amides is 9. The number of guanidine groups is 1. The zero-order chi connectivity index (χ0) is 41.7. The normalized spacial score (nSPS) is 16.8. The van der Waals surface area contributed by atoms with Crippen LogP contribution < -0.4 is 54.4 Å². The van der Waals surface area contributed by atoms with E-state index in [-0.39, 0.29) is 63.1 Å². The van der Waals surface area contributed by atoms with E-state index in [0.29, 0.717) is 25.8 Å². The number of hydrogen-bond acceptors (Lipinski definition) is 11. The predicted molar refractivity (Wildman–Crippen MR) is 199 cm³/mol. The number of carbonyl (C=O) groups is 8. The molecule has 0 radical (unpaired) electrons. The van der Waals surface area contributed by atoms with E-state index in [1.165, 1.54) is 11.8 Å². The van der Waals surface area contributed by atoms with Gasteiger partial charge in [0.25, 0.3) is 0 Å². The molecule has 1 aliphatic heterocycles. The minimum atomic E-state index is -1.68. The number of nitrogens with zero attached hydrogens (tertiary/aromatic N) is 2. The number of nitrogens with one attached hydrogen (secondary N) is 7. The van der Waals surface area contributed by atoms with Crippen molar-refractivity contribution < 1.29 is 48.6 Å². The van der Waals surface area contributed by atoms with Crippen LogP contribution in [0, 0.1) is 5.92 Å². The van der Waals surface area contributed by atoms with Crippen LogP contribution >= 0.6 is 0 Å². The minimum absolute atomic E-state index is 0.00598. The Kier molecular flexibility index (Phi) is 21.7. The first-order chi connectivity index (χ1) is 26.0. The maximum Gasteiger partial charge on any atom is 0.312 e. The average Bonchev–Trinajstić information content (AvgIpc) is 3.63. The van der Waals surface area contributed by atoms with Crippen LogP contribution in [0.1, 0.15) is 72.6 Å². The number of likely N-dealkylation sites (tertiary alicyclic amines) is 1. The summed E-state index contributed by atoms with van der Waals surface area (Å²) in [5.74, 6) is -5.58. The van der Waals surface area contributed by atoms with Gasteiger partial charge in [-0.3, -0.25) is 38.6 Å². The lowest BCUT2D eigenvalue weighted by molar-refractivity contribution is -0.142. The molecule has 9 amide bonds. The maximum absolute atomic E-state index is 13.8. The second-order valence-corrected chi connectivity index (χ2v) is 13.1. The molecular formula is C33H60N12O10. The van der Waals surface area contributed by atoms with Gasteiger partial charge in [0.15, 0.2) is 5.96 Å². The summed E-state index contributed by atoms with van der Waals surface area (Å²) in [6.07, 6.45) is 1.76. The Morgan fingerprint density at radius 3 is 1.84 bits per heavy atom. The fourth-order valence-electron chi connectivity index (χ4n) is 5.73. The number of aliphatic hydroxyl groups is 2. The summed E-state index contributed by atoms with van der Waals surface area (Å²) in [5.41, 5.74) is 16.0. The highest BCUT2D eigenvalue weighted by Crippen LogP contribution is 2.20. The second-order valence-electron chi connectivity index (χ2n) is 13.1. The first-order valence-electron chi connectivity index (χ1n) is 18.4. The summed E-state index contributed by atoms with van der Waals surface area (Å²) in [6.45, 7) is 5.33. The van der Waals surface area contributed by atoms with Crippen molar-refractivity contribution in [2.45, 2.75) is 109 Å². The van der Waals surface area contributed by atoms with Gasteiger partial charge >= 0.3 is 6.03 Å². The van der Waals surface area contributed by atoms with Gasteiger partial charge in [-0.1, -0.05) is 20.3 Å². The van der Waals surface area contributed by atoms with Crippen molar-refractivity contribution in [1.82, 2.24) is 42.1 Å². The van der Waals surface area contributed by atoms with E-state index in [4.69, 9.17) is 17.2 Å². The summed E-state index contributed by atoms with van der Waals surface area (Å²) in [6, 6.07) is -8.46. The molecular weight excluding hydrogens is 724 g/mol. The summed E-state index contributed by atoms with van der Waals surface area (Å²) in [4.78, 5) is 108. The Morgan fingerprint density at radius 2 is 1.31 bits per heavy atom. The Morgan fingerprint density at radius 1 is 0.764 bits per heavy atom. The van der Waals surface area contributed by atoms with E-state index in [2.05, 4.69) is 42.2 Å². The van der Waals surface area contributed by atoms with Crippen molar-refractivity contribution >= 4 is 53.3 Å². The Labute approximate surface area is 320 Å². The zero-order valence-electron chi connectivity index (χ0n) is 32.0. The standard InChI is InChI=1S/C33H60N12O10/c1-5-18(3)25(40-19(4)48)30(53)44-23(17-47)28(51)43-22(16-46)27(50)41-20(10-7-14-39-33(36)55)26(49)42-21(11-8-13-38-32(34)35)31(54)45-15-9-12-24(45)29(52)37-6-2/h18,20-25,46-47H,5-17H2,1-4H3,(H,37,52)(H,40,48)(H,41,50)(H,42,49)(H,43,51)(H,44,53)(H4,34,35,38)(H3,36,39,55)/t18-,20+,21+,22+,23+,24+,25-/m1/s1. The van der Waals surface area contributed by atoms with Gasteiger partial charge in [0, 0.05) is 33.1 Å². The highest BCUT2D eigenvalue weighted by molar-refractivity contribution is 5.97. The Bertz CT molecular complexity index is 1360. The monoisotopic (exact) mass is 784 g/mol. The molecule has 1 fully saturated rings. The third-order valence-electron chi connectivity index (χ3n) is 8.84. The van der Waals surface area contributed by atoms with Gasteiger partial charge in [-0.25, -0.2) is 4.79 Å². The third kappa shape index (κ3) is 16.8. The fourth-order valence-corrected chi connectivity index (χ4v) is 5.73. The number of aliphatic imine (C=N–C) groups is 1. The highest BCUT2D eigenvalue weighted by Gasteiger charge is 2.38. The molecule has 15 N–H and O–H groups in total. The van der Waals surface area contributed by atoms with Gasteiger partial charge in [-0.2, -0.15) is 0 Å². The lowest BCUT2D eigenvalue weighted by Crippen LogP contribution is -2.61. The molecule has 22 heteroatoms. The van der Waals surface area contributed by atoms with E-state index < -0.39 is 90.9 Å². The van der Waals surface area contributed by atoms with Crippen LogP contribution in [-0.4, -0.2) is 144 Å². The van der Waals surface area contributed by atoms with E-state index in [0.717, 1.165) is 0 Å². The van der Waals surface area contributed by atoms with Gasteiger partial charge < -0.3 is 69.5 Å². The number of carbonyl (C=O) groups excluding carboxylic acids is 8. The van der Waals surface area contributed by atoms with E-state index in [1.807, 2.05) is 0 Å². The smallest absolute Gasteiger partial charge is 0.312 e. The van der Waals surface area contributed by atoms with E-state index in [9.17, 15) is 48.6 Å². The number of urea groups is 1. The zero-order valence-corrected chi connectivity index (χ0v) is 32.0. The highest BCUT2D eigenvalue weighted by atomic mass is 16.3. The molecule has 1 heterocycles. The quantitative estimate of drug-likeness (QED) is 0.0249. The van der Waals surface area contributed by atoms with Gasteiger partial charge in [-0.15, -0.1) is 0 Å². The van der Waals surface area contributed by atoms with Crippen molar-refractivity contribution in [3.63, 3.8) is 0 Å². The van der Waals surface area contributed by atoms with Crippen LogP contribution in [-0.2, 0) is 33.6 Å². The first-order valence-corrected chi connectivity index (χ1v) is 18.4. The number of hydrogen-bond donors (Lipinski definition) is 12. The molecule has 0 saturated carbocycles. The molecule has 1 saturated heterocycles. The lowest BCUT2D eigenvalue weighted by Gasteiger charge is -2.30. The fraction of sp³-hybridized carbons (Fsp3) is 0.727. The number of rotatable bonds is 24. The molecule has 22 nitrogen and oxygen atoms in total. The van der Waals surface area contributed by atoms with Gasteiger partial charge in [0.2, 0.25) is 41.4 Å². The number of likely N-dealkylation sites (N-methyl/N-ethyl adjacent to an activating group) is 1. The molecule has 0 spiro atoms. The van der Waals surface area contributed by atoms with Gasteiger partial charge in [0.1, 0.15) is 36.3 Å². The molecule has 0 unspecified atom stereocenters. The van der Waals surface area contributed by atoms with Crippen molar-refractivity contribution in [2.24, 2.45) is 28.1 Å². The minimum Gasteiger partial charge on any atom is -0.394 e. The molecule has 55 heavy (non-hydrogen) atoms. The molecule has 0 bridgehead atoms.